The lowest BCUT2D eigenvalue weighted by Crippen LogP contribution is -2.49. The number of rotatable bonds is 4. The van der Waals surface area contributed by atoms with Crippen molar-refractivity contribution in [2.24, 2.45) is 5.92 Å². The van der Waals surface area contributed by atoms with Gasteiger partial charge in [0.1, 0.15) is 5.69 Å². The van der Waals surface area contributed by atoms with Gasteiger partial charge in [0.15, 0.2) is 0 Å². The Balaban J connectivity index is 1.35. The van der Waals surface area contributed by atoms with Gasteiger partial charge in [0, 0.05) is 38.2 Å². The minimum Gasteiger partial charge on any atom is -0.362 e. The van der Waals surface area contributed by atoms with Gasteiger partial charge in [-0.1, -0.05) is 24.3 Å². The molecule has 2 unspecified atom stereocenters. The fourth-order valence-corrected chi connectivity index (χ4v) is 4.04. The van der Waals surface area contributed by atoms with Crippen molar-refractivity contribution in [3.63, 3.8) is 0 Å². The number of benzene rings is 2. The van der Waals surface area contributed by atoms with E-state index in [0.717, 1.165) is 17.7 Å². The number of nitro benzene ring substituents is 1. The van der Waals surface area contributed by atoms with Crippen LogP contribution in [0.15, 0.2) is 48.5 Å². The lowest BCUT2D eigenvalue weighted by Gasteiger charge is -2.36. The highest BCUT2D eigenvalue weighted by atomic mass is 19.4. The summed E-state index contributed by atoms with van der Waals surface area (Å²) >= 11 is 0. The van der Waals surface area contributed by atoms with E-state index in [2.05, 4.69) is 0 Å². The Morgan fingerprint density at radius 2 is 1.63 bits per heavy atom. The van der Waals surface area contributed by atoms with Crippen molar-refractivity contribution in [3.8, 4) is 0 Å². The molecule has 2 aromatic rings. The lowest BCUT2D eigenvalue weighted by atomic mass is 10.1. The number of hydrogen-bond acceptors (Lipinski definition) is 4. The molecule has 1 saturated carbocycles. The molecular weight excluding hydrogens is 399 g/mol. The fraction of sp³-hybridized carbons (Fsp3) is 0.381. The van der Waals surface area contributed by atoms with Gasteiger partial charge >= 0.3 is 6.18 Å². The van der Waals surface area contributed by atoms with Crippen molar-refractivity contribution in [2.45, 2.75) is 18.5 Å². The number of para-hydroxylation sites is 2. The number of alkyl halides is 3. The quantitative estimate of drug-likeness (QED) is 0.554. The first-order valence-corrected chi connectivity index (χ1v) is 9.70. The molecule has 0 bridgehead atoms. The van der Waals surface area contributed by atoms with Crippen LogP contribution in [-0.2, 0) is 11.0 Å². The summed E-state index contributed by atoms with van der Waals surface area (Å²) in [4.78, 5) is 27.3. The summed E-state index contributed by atoms with van der Waals surface area (Å²) < 4.78 is 38.1. The maximum Gasteiger partial charge on any atom is 0.416 e. The number of hydrogen-bond donors (Lipinski definition) is 0. The Hall–Kier alpha value is -3.10. The fourth-order valence-electron chi connectivity index (χ4n) is 4.04. The molecular formula is C21H20F3N3O3. The smallest absolute Gasteiger partial charge is 0.362 e. The summed E-state index contributed by atoms with van der Waals surface area (Å²) in [6.07, 6.45) is -3.74. The van der Waals surface area contributed by atoms with Crippen molar-refractivity contribution < 1.29 is 22.9 Å². The maximum absolute atomic E-state index is 12.8. The van der Waals surface area contributed by atoms with Crippen LogP contribution in [0.5, 0.6) is 0 Å². The monoisotopic (exact) mass is 419 g/mol. The van der Waals surface area contributed by atoms with Crippen molar-refractivity contribution in [1.82, 2.24) is 4.90 Å². The zero-order valence-electron chi connectivity index (χ0n) is 16.0. The summed E-state index contributed by atoms with van der Waals surface area (Å²) in [7, 11) is 0. The summed E-state index contributed by atoms with van der Waals surface area (Å²) in [6, 6.07) is 11.6. The number of amides is 1. The number of piperazine rings is 1. The molecule has 2 atom stereocenters. The van der Waals surface area contributed by atoms with Crippen molar-refractivity contribution in [2.75, 3.05) is 31.1 Å². The molecule has 2 aromatic carbocycles. The second-order valence-electron chi connectivity index (χ2n) is 7.63. The molecule has 6 nitrogen and oxygen atoms in total. The molecule has 2 aliphatic rings. The molecule has 1 aliphatic heterocycles. The highest BCUT2D eigenvalue weighted by Gasteiger charge is 2.46. The molecule has 9 heteroatoms. The number of carbonyl (C=O) groups is 1. The Labute approximate surface area is 171 Å². The van der Waals surface area contributed by atoms with Crippen LogP contribution in [-0.4, -0.2) is 41.9 Å². The maximum atomic E-state index is 12.8. The Bertz CT molecular complexity index is 954. The van der Waals surface area contributed by atoms with E-state index in [1.165, 1.54) is 18.2 Å². The first kappa shape index (κ1) is 20.2. The number of nitro groups is 1. The molecule has 2 fully saturated rings. The van der Waals surface area contributed by atoms with E-state index in [-0.39, 0.29) is 23.4 Å². The molecule has 4 rings (SSSR count). The SMILES string of the molecule is O=C(C1CC1c1ccc(C(F)(F)F)cc1)N1CCN(c2ccccc2[N+](=O)[O-])CC1. The number of anilines is 1. The van der Waals surface area contributed by atoms with Crippen molar-refractivity contribution in [3.05, 3.63) is 69.8 Å². The molecule has 1 aliphatic carbocycles. The van der Waals surface area contributed by atoms with Gasteiger partial charge in [-0.05, 0) is 36.1 Å². The summed E-state index contributed by atoms with van der Waals surface area (Å²) in [5, 5.41) is 11.2. The number of halogens is 3. The Morgan fingerprint density at radius 3 is 2.23 bits per heavy atom. The van der Waals surface area contributed by atoms with Crippen LogP contribution in [0, 0.1) is 16.0 Å². The third kappa shape index (κ3) is 3.96. The summed E-state index contributed by atoms with van der Waals surface area (Å²) in [5.41, 5.74) is 0.645. The van der Waals surface area contributed by atoms with Crippen LogP contribution in [0.25, 0.3) is 0 Å². The van der Waals surface area contributed by atoms with Crippen LogP contribution in [0.4, 0.5) is 24.5 Å². The molecule has 0 radical (unpaired) electrons. The van der Waals surface area contributed by atoms with Crippen molar-refractivity contribution >= 4 is 17.3 Å². The molecule has 30 heavy (non-hydrogen) atoms. The highest BCUT2D eigenvalue weighted by Crippen LogP contribution is 2.49. The molecule has 1 saturated heterocycles. The first-order chi connectivity index (χ1) is 14.3. The van der Waals surface area contributed by atoms with Crippen molar-refractivity contribution in [1.29, 1.82) is 0 Å². The average Bonchev–Trinajstić information content (AvgIpc) is 3.54. The van der Waals surface area contributed by atoms with E-state index in [4.69, 9.17) is 0 Å². The minimum absolute atomic E-state index is 0.00195. The van der Waals surface area contributed by atoms with Gasteiger partial charge in [-0.3, -0.25) is 14.9 Å². The molecule has 0 N–H and O–H groups in total. The highest BCUT2D eigenvalue weighted by molar-refractivity contribution is 5.83. The Morgan fingerprint density at radius 1 is 1.00 bits per heavy atom. The average molecular weight is 419 g/mol. The van der Waals surface area contributed by atoms with Crippen LogP contribution < -0.4 is 4.90 Å². The predicted octanol–water partition coefficient (Wildman–Crippen LogP) is 4.07. The predicted molar refractivity (Wildman–Crippen MR) is 104 cm³/mol. The molecule has 1 amide bonds. The molecule has 0 spiro atoms. The summed E-state index contributed by atoms with van der Waals surface area (Å²) in [6.45, 7) is 1.91. The van der Waals surface area contributed by atoms with E-state index < -0.39 is 16.7 Å². The molecule has 1 heterocycles. The molecule has 0 aromatic heterocycles. The van der Waals surface area contributed by atoms with Crippen LogP contribution in [0.2, 0.25) is 0 Å². The van der Waals surface area contributed by atoms with E-state index in [1.807, 2.05) is 4.90 Å². The zero-order chi connectivity index (χ0) is 21.5. The third-order valence-electron chi connectivity index (χ3n) is 5.78. The number of carbonyl (C=O) groups excluding carboxylic acids is 1. The van der Waals surface area contributed by atoms with Gasteiger partial charge in [-0.15, -0.1) is 0 Å². The third-order valence-corrected chi connectivity index (χ3v) is 5.78. The second-order valence-corrected chi connectivity index (χ2v) is 7.63. The normalized spacial score (nSPS) is 21.4. The first-order valence-electron chi connectivity index (χ1n) is 9.70. The van der Waals surface area contributed by atoms with Crippen LogP contribution in [0.1, 0.15) is 23.5 Å². The summed E-state index contributed by atoms with van der Waals surface area (Å²) in [5.74, 6) is -0.255. The van der Waals surface area contributed by atoms with Crippen LogP contribution >= 0.6 is 0 Å². The zero-order valence-corrected chi connectivity index (χ0v) is 16.0. The topological polar surface area (TPSA) is 66.7 Å². The van der Waals surface area contributed by atoms with Gasteiger partial charge in [-0.25, -0.2) is 0 Å². The molecule has 158 valence electrons. The number of nitrogens with zero attached hydrogens (tertiary/aromatic N) is 3. The Kier molecular flexibility index (Phi) is 5.13. The van der Waals surface area contributed by atoms with Gasteiger partial charge in [0.25, 0.3) is 5.69 Å². The van der Waals surface area contributed by atoms with Gasteiger partial charge in [-0.2, -0.15) is 13.2 Å². The minimum atomic E-state index is -4.37. The van der Waals surface area contributed by atoms with Gasteiger partial charge < -0.3 is 9.80 Å². The second kappa shape index (κ2) is 7.62. The van der Waals surface area contributed by atoms with E-state index >= 15 is 0 Å². The lowest BCUT2D eigenvalue weighted by molar-refractivity contribution is -0.384. The van der Waals surface area contributed by atoms with Gasteiger partial charge in [0.2, 0.25) is 5.91 Å². The van der Waals surface area contributed by atoms with Crippen LogP contribution in [0.3, 0.4) is 0 Å². The van der Waals surface area contributed by atoms with Gasteiger partial charge in [0.05, 0.1) is 10.5 Å². The standard InChI is InChI=1S/C21H20F3N3O3/c22-21(23,24)15-7-5-14(6-8-15)16-13-17(16)20(28)26-11-9-25(10-12-26)18-3-1-2-4-19(18)27(29)30/h1-8,16-17H,9-13H2. The largest absolute Gasteiger partial charge is 0.416 e. The van der Waals surface area contributed by atoms with E-state index in [9.17, 15) is 28.1 Å². The van der Waals surface area contributed by atoms with E-state index in [1.54, 1.807) is 23.1 Å². The van der Waals surface area contributed by atoms with E-state index in [0.29, 0.717) is 38.3 Å².